The van der Waals surface area contributed by atoms with Crippen LogP contribution >= 0.6 is 11.3 Å². The Morgan fingerprint density at radius 3 is 2.50 bits per heavy atom. The SMILES string of the molecule is COc1ccc([C@@H]2c3c(oc4ccccc4c3=O)C(=O)N2c2nc3ccccc3s2)cc1OC. The Hall–Kier alpha value is -4.17. The van der Waals surface area contributed by atoms with Crippen LogP contribution < -0.4 is 19.8 Å². The molecule has 3 heterocycles. The van der Waals surface area contributed by atoms with Crippen molar-refractivity contribution >= 4 is 43.6 Å². The van der Waals surface area contributed by atoms with Crippen LogP contribution in [0.5, 0.6) is 11.5 Å². The van der Waals surface area contributed by atoms with Crippen molar-refractivity contribution < 1.29 is 18.7 Å². The van der Waals surface area contributed by atoms with E-state index in [2.05, 4.69) is 0 Å². The van der Waals surface area contributed by atoms with Gasteiger partial charge in [0.15, 0.2) is 22.1 Å². The number of para-hydroxylation sites is 2. The second-order valence-corrected chi connectivity index (χ2v) is 8.84. The van der Waals surface area contributed by atoms with Gasteiger partial charge in [0.2, 0.25) is 5.76 Å². The van der Waals surface area contributed by atoms with E-state index < -0.39 is 11.9 Å². The number of thiazole rings is 1. The van der Waals surface area contributed by atoms with E-state index in [-0.39, 0.29) is 16.8 Å². The molecule has 1 atom stereocenters. The number of anilines is 1. The number of rotatable bonds is 4. The average molecular weight is 471 g/mol. The standard InChI is InChI=1S/C26H18N2O5S/c1-31-18-12-11-14(13-19(18)32-2)22-21-23(29)15-7-3-5-9-17(15)33-24(21)25(30)28(22)26-27-16-8-4-6-10-20(16)34-26/h3-13,22H,1-2H3/t22-/m1/s1. The average Bonchev–Trinajstić information content (AvgIpc) is 3.42. The lowest BCUT2D eigenvalue weighted by Gasteiger charge is -2.23. The van der Waals surface area contributed by atoms with Gasteiger partial charge in [0.25, 0.3) is 5.91 Å². The number of nitrogens with zero attached hydrogens (tertiary/aromatic N) is 2. The van der Waals surface area contributed by atoms with Crippen LogP contribution in [0.4, 0.5) is 5.13 Å². The van der Waals surface area contributed by atoms with E-state index in [1.807, 2.05) is 30.3 Å². The Morgan fingerprint density at radius 1 is 0.941 bits per heavy atom. The summed E-state index contributed by atoms with van der Waals surface area (Å²) in [6, 6.07) is 19.2. The fourth-order valence-electron chi connectivity index (χ4n) is 4.42. The topological polar surface area (TPSA) is 81.9 Å². The minimum absolute atomic E-state index is 0.0303. The molecule has 0 spiro atoms. The Bertz CT molecular complexity index is 1620. The highest BCUT2D eigenvalue weighted by Crippen LogP contribution is 2.45. The highest BCUT2D eigenvalue weighted by atomic mass is 32.1. The quantitative estimate of drug-likeness (QED) is 0.360. The summed E-state index contributed by atoms with van der Waals surface area (Å²) in [6.07, 6.45) is 0. The first-order chi connectivity index (χ1) is 16.6. The van der Waals surface area contributed by atoms with Crippen molar-refractivity contribution in [1.82, 2.24) is 4.98 Å². The number of benzene rings is 3. The van der Waals surface area contributed by atoms with Gasteiger partial charge >= 0.3 is 0 Å². The Labute approximate surface area is 197 Å². The molecule has 0 radical (unpaired) electrons. The van der Waals surface area contributed by atoms with Crippen LogP contribution in [0, 0.1) is 0 Å². The number of hydrogen-bond acceptors (Lipinski definition) is 7. The van der Waals surface area contributed by atoms with Gasteiger partial charge in [-0.2, -0.15) is 0 Å². The normalized spacial score (nSPS) is 15.2. The highest BCUT2D eigenvalue weighted by molar-refractivity contribution is 7.22. The number of hydrogen-bond donors (Lipinski definition) is 0. The zero-order valence-electron chi connectivity index (χ0n) is 18.3. The summed E-state index contributed by atoms with van der Waals surface area (Å²) < 4.78 is 17.8. The predicted molar refractivity (Wildman–Crippen MR) is 130 cm³/mol. The molecule has 6 rings (SSSR count). The largest absolute Gasteiger partial charge is 0.493 e. The lowest BCUT2D eigenvalue weighted by molar-refractivity contribution is 0.0971. The van der Waals surface area contributed by atoms with Gasteiger partial charge in [0, 0.05) is 0 Å². The molecule has 0 fully saturated rings. The lowest BCUT2D eigenvalue weighted by Crippen LogP contribution is -2.29. The number of ether oxygens (including phenoxy) is 2. The molecular weight excluding hydrogens is 452 g/mol. The van der Waals surface area contributed by atoms with E-state index in [9.17, 15) is 9.59 Å². The third kappa shape index (κ3) is 2.92. The third-order valence-electron chi connectivity index (χ3n) is 5.99. The van der Waals surface area contributed by atoms with Crippen molar-refractivity contribution in [3.63, 3.8) is 0 Å². The van der Waals surface area contributed by atoms with Crippen molar-refractivity contribution in [2.24, 2.45) is 0 Å². The Morgan fingerprint density at radius 2 is 1.71 bits per heavy atom. The predicted octanol–water partition coefficient (Wildman–Crippen LogP) is 5.17. The monoisotopic (exact) mass is 470 g/mol. The summed E-state index contributed by atoms with van der Waals surface area (Å²) in [4.78, 5) is 33.6. The number of amides is 1. The molecule has 8 heteroatoms. The van der Waals surface area contributed by atoms with Crippen LogP contribution in [0.15, 0.2) is 75.9 Å². The molecule has 5 aromatic rings. The van der Waals surface area contributed by atoms with Crippen LogP contribution in [-0.2, 0) is 0 Å². The van der Waals surface area contributed by atoms with Gasteiger partial charge in [-0.05, 0) is 42.0 Å². The van der Waals surface area contributed by atoms with Crippen LogP contribution in [-0.4, -0.2) is 25.1 Å². The number of fused-ring (bicyclic) bond motifs is 3. The fourth-order valence-corrected chi connectivity index (χ4v) is 5.41. The van der Waals surface area contributed by atoms with E-state index in [0.717, 1.165) is 10.2 Å². The summed E-state index contributed by atoms with van der Waals surface area (Å²) in [7, 11) is 3.10. The summed E-state index contributed by atoms with van der Waals surface area (Å²) in [6.45, 7) is 0. The van der Waals surface area contributed by atoms with E-state index in [1.54, 1.807) is 55.5 Å². The second-order valence-electron chi connectivity index (χ2n) is 7.83. The minimum Gasteiger partial charge on any atom is -0.493 e. The smallest absolute Gasteiger partial charge is 0.297 e. The molecule has 168 valence electrons. The maximum absolute atomic E-state index is 13.7. The highest BCUT2D eigenvalue weighted by Gasteiger charge is 2.45. The van der Waals surface area contributed by atoms with Gasteiger partial charge in [-0.15, -0.1) is 0 Å². The van der Waals surface area contributed by atoms with Gasteiger partial charge in [0.05, 0.1) is 41.4 Å². The molecule has 34 heavy (non-hydrogen) atoms. The van der Waals surface area contributed by atoms with Gasteiger partial charge in [-0.3, -0.25) is 14.5 Å². The van der Waals surface area contributed by atoms with Crippen LogP contribution in [0.3, 0.4) is 0 Å². The third-order valence-corrected chi connectivity index (χ3v) is 7.03. The molecule has 0 aliphatic carbocycles. The maximum Gasteiger partial charge on any atom is 0.297 e. The molecule has 3 aromatic carbocycles. The second kappa shape index (κ2) is 7.71. The van der Waals surface area contributed by atoms with Crippen molar-refractivity contribution in [2.45, 2.75) is 6.04 Å². The molecule has 1 aliphatic rings. The number of methoxy groups -OCH3 is 2. The van der Waals surface area contributed by atoms with Crippen molar-refractivity contribution in [1.29, 1.82) is 0 Å². The van der Waals surface area contributed by atoms with Crippen LogP contribution in [0.25, 0.3) is 21.2 Å². The molecule has 7 nitrogen and oxygen atoms in total. The molecule has 0 saturated carbocycles. The number of carbonyl (C=O) groups is 1. The zero-order valence-corrected chi connectivity index (χ0v) is 19.1. The molecule has 2 aromatic heterocycles. The molecule has 0 saturated heterocycles. The first kappa shape index (κ1) is 20.4. The first-order valence-electron chi connectivity index (χ1n) is 10.6. The van der Waals surface area contributed by atoms with Crippen molar-refractivity contribution in [3.8, 4) is 11.5 Å². The Kier molecular flexibility index (Phi) is 4.63. The fraction of sp³-hybridized carbons (Fsp3) is 0.115. The summed E-state index contributed by atoms with van der Waals surface area (Å²) in [5.41, 5.74) is 1.88. The molecule has 0 unspecified atom stereocenters. The zero-order chi connectivity index (χ0) is 23.4. The van der Waals surface area contributed by atoms with Gasteiger partial charge in [-0.1, -0.05) is 41.7 Å². The van der Waals surface area contributed by atoms with E-state index >= 15 is 0 Å². The van der Waals surface area contributed by atoms with E-state index in [0.29, 0.717) is 33.2 Å². The first-order valence-corrected chi connectivity index (χ1v) is 11.4. The summed E-state index contributed by atoms with van der Waals surface area (Å²) >= 11 is 1.39. The molecule has 1 amide bonds. The van der Waals surface area contributed by atoms with Crippen LogP contribution in [0.2, 0.25) is 0 Å². The van der Waals surface area contributed by atoms with Gasteiger partial charge in [0.1, 0.15) is 5.58 Å². The molecule has 0 bridgehead atoms. The number of aromatic nitrogens is 1. The van der Waals surface area contributed by atoms with Gasteiger partial charge in [-0.25, -0.2) is 4.98 Å². The maximum atomic E-state index is 13.7. The molecule has 0 N–H and O–H groups in total. The van der Waals surface area contributed by atoms with Crippen molar-refractivity contribution in [3.05, 3.63) is 93.8 Å². The lowest BCUT2D eigenvalue weighted by atomic mass is 9.98. The summed E-state index contributed by atoms with van der Waals surface area (Å²) in [5.74, 6) is 0.669. The molecule has 1 aliphatic heterocycles. The molecular formula is C26H18N2O5S. The van der Waals surface area contributed by atoms with Crippen LogP contribution in [0.1, 0.15) is 27.7 Å². The minimum atomic E-state index is -0.733. The van der Waals surface area contributed by atoms with Gasteiger partial charge < -0.3 is 13.9 Å². The van der Waals surface area contributed by atoms with E-state index in [1.165, 1.54) is 11.3 Å². The van der Waals surface area contributed by atoms with Crippen molar-refractivity contribution in [2.75, 3.05) is 19.1 Å². The number of carbonyl (C=O) groups excluding carboxylic acids is 1. The summed E-state index contributed by atoms with van der Waals surface area (Å²) in [5, 5.41) is 0.909. The van der Waals surface area contributed by atoms with E-state index in [4.69, 9.17) is 18.9 Å². The Balaban J connectivity index is 1.64.